The minimum absolute atomic E-state index is 0.0414. The summed E-state index contributed by atoms with van der Waals surface area (Å²) in [4.78, 5) is 43.8. The van der Waals surface area contributed by atoms with Crippen LogP contribution < -0.4 is 10.9 Å². The van der Waals surface area contributed by atoms with Crippen LogP contribution in [-0.4, -0.2) is 45.3 Å². The van der Waals surface area contributed by atoms with E-state index in [0.29, 0.717) is 22.7 Å². The van der Waals surface area contributed by atoms with Gasteiger partial charge in [0.05, 0.1) is 12.4 Å². The minimum Gasteiger partial charge on any atom is -0.465 e. The molecule has 0 saturated heterocycles. The fraction of sp³-hybridized carbons (Fsp3) is 0.333. The summed E-state index contributed by atoms with van der Waals surface area (Å²) in [5.41, 5.74) is 1.71. The van der Waals surface area contributed by atoms with Crippen molar-refractivity contribution in [3.63, 3.8) is 0 Å². The molecule has 3 aromatic rings. The maximum absolute atomic E-state index is 12.8. The van der Waals surface area contributed by atoms with Gasteiger partial charge in [0.25, 0.3) is 5.56 Å². The summed E-state index contributed by atoms with van der Waals surface area (Å²) >= 11 is 1.16. The van der Waals surface area contributed by atoms with Crippen molar-refractivity contribution in [3.8, 4) is 0 Å². The molecule has 0 spiro atoms. The molecule has 0 bridgehead atoms. The van der Waals surface area contributed by atoms with Crippen molar-refractivity contribution in [2.75, 3.05) is 18.9 Å². The van der Waals surface area contributed by atoms with E-state index in [0.717, 1.165) is 22.7 Å². The van der Waals surface area contributed by atoms with Crippen molar-refractivity contribution in [1.29, 1.82) is 0 Å². The number of amides is 1. The zero-order valence-corrected chi connectivity index (χ0v) is 15.9. The highest BCUT2D eigenvalue weighted by Crippen LogP contribution is 2.24. The molecule has 8 nitrogen and oxygen atoms in total. The number of para-hydroxylation sites is 1. The third kappa shape index (κ3) is 3.97. The smallest absolute Gasteiger partial charge is 0.325 e. The number of rotatable bonds is 7. The second kappa shape index (κ2) is 8.26. The van der Waals surface area contributed by atoms with E-state index in [1.165, 1.54) is 4.57 Å². The Morgan fingerprint density at radius 2 is 2.07 bits per heavy atom. The first-order valence-electron chi connectivity index (χ1n) is 8.61. The van der Waals surface area contributed by atoms with Crippen LogP contribution in [0.5, 0.6) is 0 Å². The molecule has 0 aliphatic carbocycles. The zero-order valence-electron chi connectivity index (χ0n) is 15.1. The second-order valence-electron chi connectivity index (χ2n) is 5.71. The van der Waals surface area contributed by atoms with Crippen molar-refractivity contribution >= 4 is 45.6 Å². The quantitative estimate of drug-likeness (QED) is 0.362. The molecule has 142 valence electrons. The third-order valence-corrected chi connectivity index (χ3v) is 4.94. The average molecular weight is 388 g/mol. The molecule has 0 aliphatic rings. The highest BCUT2D eigenvalue weighted by Gasteiger charge is 2.16. The van der Waals surface area contributed by atoms with Gasteiger partial charge in [-0.2, -0.15) is 0 Å². The fourth-order valence-corrected chi connectivity index (χ4v) is 3.61. The Morgan fingerprint density at radius 1 is 1.30 bits per heavy atom. The molecule has 2 N–H and O–H groups in total. The first-order valence-corrected chi connectivity index (χ1v) is 9.60. The Morgan fingerprint density at radius 3 is 2.81 bits per heavy atom. The van der Waals surface area contributed by atoms with Gasteiger partial charge in [0.15, 0.2) is 5.16 Å². The summed E-state index contributed by atoms with van der Waals surface area (Å²) in [6.45, 7) is 4.07. The number of esters is 1. The Kier molecular flexibility index (Phi) is 5.80. The molecule has 0 aliphatic heterocycles. The number of fused-ring (bicyclic) bond motifs is 3. The number of ether oxygens (including phenoxy) is 1. The maximum Gasteiger partial charge on any atom is 0.325 e. The summed E-state index contributed by atoms with van der Waals surface area (Å²) in [6, 6.07) is 7.57. The normalized spacial score (nSPS) is 11.0. The molecule has 1 amide bonds. The molecule has 1 aromatic carbocycles. The second-order valence-corrected chi connectivity index (χ2v) is 6.65. The highest BCUT2D eigenvalue weighted by atomic mass is 32.2. The van der Waals surface area contributed by atoms with Crippen LogP contribution in [0, 0.1) is 0 Å². The number of H-pyrrole nitrogens is 1. The lowest BCUT2D eigenvalue weighted by Gasteiger charge is -2.10. The first kappa shape index (κ1) is 19.0. The van der Waals surface area contributed by atoms with Gasteiger partial charge in [0, 0.05) is 17.4 Å². The molecule has 0 atom stereocenters. The van der Waals surface area contributed by atoms with Gasteiger partial charge in [-0.25, -0.2) is 4.98 Å². The van der Waals surface area contributed by atoms with Gasteiger partial charge in [-0.1, -0.05) is 30.0 Å². The van der Waals surface area contributed by atoms with E-state index in [1.807, 2.05) is 31.2 Å². The third-order valence-electron chi connectivity index (χ3n) is 3.96. The van der Waals surface area contributed by atoms with Gasteiger partial charge in [-0.05, 0) is 19.9 Å². The highest BCUT2D eigenvalue weighted by molar-refractivity contribution is 7.99. The van der Waals surface area contributed by atoms with Gasteiger partial charge in [0.1, 0.15) is 17.6 Å². The monoisotopic (exact) mass is 388 g/mol. The molecule has 27 heavy (non-hydrogen) atoms. The Bertz CT molecular complexity index is 1060. The van der Waals surface area contributed by atoms with E-state index < -0.39 is 5.97 Å². The lowest BCUT2D eigenvalue weighted by Crippen LogP contribution is -2.32. The van der Waals surface area contributed by atoms with Crippen LogP contribution in [0.15, 0.2) is 34.2 Å². The molecular weight excluding hydrogens is 368 g/mol. The Hall–Kier alpha value is -2.81. The molecule has 0 radical (unpaired) electrons. The SMILES string of the molecule is CCOC(=O)CNC(=O)CSc1nc2c([nH]c3ccccc32)c(=O)n1CC. The predicted molar refractivity (Wildman–Crippen MR) is 104 cm³/mol. The van der Waals surface area contributed by atoms with Crippen LogP contribution in [0.2, 0.25) is 0 Å². The van der Waals surface area contributed by atoms with Crippen molar-refractivity contribution in [3.05, 3.63) is 34.6 Å². The van der Waals surface area contributed by atoms with Gasteiger partial charge in [-0.15, -0.1) is 0 Å². The van der Waals surface area contributed by atoms with E-state index in [4.69, 9.17) is 4.74 Å². The number of benzene rings is 1. The summed E-state index contributed by atoms with van der Waals surface area (Å²) in [6.07, 6.45) is 0. The standard InChI is InChI=1S/C18H20N4O4S/c1-3-22-17(25)16-15(11-7-5-6-8-12(11)20-16)21-18(22)27-10-13(23)19-9-14(24)26-4-2/h5-8,20H,3-4,9-10H2,1-2H3,(H,19,23). The van der Waals surface area contributed by atoms with Crippen molar-refractivity contribution in [2.24, 2.45) is 0 Å². The fourth-order valence-electron chi connectivity index (χ4n) is 2.73. The van der Waals surface area contributed by atoms with Crippen molar-refractivity contribution in [1.82, 2.24) is 19.9 Å². The van der Waals surface area contributed by atoms with Crippen LogP contribution in [0.4, 0.5) is 0 Å². The van der Waals surface area contributed by atoms with Crippen molar-refractivity contribution in [2.45, 2.75) is 25.5 Å². The molecule has 2 heterocycles. The molecule has 3 rings (SSSR count). The van der Waals surface area contributed by atoms with E-state index in [1.54, 1.807) is 6.92 Å². The van der Waals surface area contributed by atoms with Gasteiger partial charge < -0.3 is 15.0 Å². The van der Waals surface area contributed by atoms with Crippen LogP contribution in [0.25, 0.3) is 21.9 Å². The van der Waals surface area contributed by atoms with Crippen LogP contribution >= 0.6 is 11.8 Å². The first-order chi connectivity index (χ1) is 13.0. The number of carbonyl (C=O) groups excluding carboxylic acids is 2. The summed E-state index contributed by atoms with van der Waals surface area (Å²) in [5.74, 6) is -0.775. The largest absolute Gasteiger partial charge is 0.465 e. The van der Waals surface area contributed by atoms with Crippen LogP contribution in [0.1, 0.15) is 13.8 Å². The van der Waals surface area contributed by atoms with Crippen LogP contribution in [0.3, 0.4) is 0 Å². The van der Waals surface area contributed by atoms with Gasteiger partial charge >= 0.3 is 5.97 Å². The summed E-state index contributed by atoms with van der Waals surface area (Å²) in [5, 5.41) is 3.82. The average Bonchev–Trinajstić information content (AvgIpc) is 3.04. The van der Waals surface area contributed by atoms with Crippen molar-refractivity contribution < 1.29 is 14.3 Å². The van der Waals surface area contributed by atoms with E-state index in [9.17, 15) is 14.4 Å². The van der Waals surface area contributed by atoms with E-state index in [2.05, 4.69) is 15.3 Å². The number of nitrogens with one attached hydrogen (secondary N) is 2. The van der Waals surface area contributed by atoms with E-state index >= 15 is 0 Å². The Balaban J connectivity index is 1.83. The number of hydrogen-bond acceptors (Lipinski definition) is 6. The van der Waals surface area contributed by atoms with E-state index in [-0.39, 0.29) is 30.4 Å². The van der Waals surface area contributed by atoms with Gasteiger partial charge in [0.2, 0.25) is 5.91 Å². The number of aromatic amines is 1. The predicted octanol–water partition coefficient (Wildman–Crippen LogP) is 1.67. The topological polar surface area (TPSA) is 106 Å². The molecule has 9 heteroatoms. The number of nitrogens with zero attached hydrogens (tertiary/aromatic N) is 2. The number of hydrogen-bond donors (Lipinski definition) is 2. The molecule has 0 unspecified atom stereocenters. The Labute approximate surface area is 159 Å². The molecule has 0 saturated carbocycles. The molecular formula is C18H20N4O4S. The zero-order chi connectivity index (χ0) is 19.4. The molecule has 0 fully saturated rings. The summed E-state index contributed by atoms with van der Waals surface area (Å²) < 4.78 is 6.29. The number of thioether (sulfide) groups is 1. The maximum atomic E-state index is 12.8. The van der Waals surface area contributed by atoms with Crippen LogP contribution in [-0.2, 0) is 20.9 Å². The number of carbonyl (C=O) groups is 2. The lowest BCUT2D eigenvalue weighted by atomic mass is 10.2. The lowest BCUT2D eigenvalue weighted by molar-refractivity contribution is -0.143. The van der Waals surface area contributed by atoms with Gasteiger partial charge in [-0.3, -0.25) is 19.0 Å². The summed E-state index contributed by atoms with van der Waals surface area (Å²) in [7, 11) is 0. The number of aromatic nitrogens is 3. The minimum atomic E-state index is -0.486. The molecule has 2 aromatic heterocycles.